The zero-order valence-electron chi connectivity index (χ0n) is 47.7. The number of nitrogens with zero attached hydrogens (tertiary/aromatic N) is 3. The average Bonchev–Trinajstić information content (AvgIpc) is 3.89. The summed E-state index contributed by atoms with van der Waals surface area (Å²) in [5.41, 5.74) is 9.19. The molecule has 0 amide bonds. The topological polar surface area (TPSA) is 254 Å². The van der Waals surface area contributed by atoms with Gasteiger partial charge in [0.15, 0.2) is 0 Å². The first-order valence-corrected chi connectivity index (χ1v) is 32.3. The van der Waals surface area contributed by atoms with Gasteiger partial charge < -0.3 is 21.1 Å². The molecule has 3 heterocycles. The molecule has 0 aromatic heterocycles. The quantitative estimate of drug-likeness (QED) is 0.0658. The molecule has 9 rings (SSSR count). The van der Waals surface area contributed by atoms with Crippen LogP contribution in [0.1, 0.15) is 134 Å². The van der Waals surface area contributed by atoms with Gasteiger partial charge in [0.05, 0.1) is 49.9 Å². The van der Waals surface area contributed by atoms with Crippen molar-refractivity contribution in [3.63, 3.8) is 0 Å². The van der Waals surface area contributed by atoms with E-state index in [2.05, 4.69) is 45.7 Å². The number of carbonyl (C=O) groups excluding carboxylic acids is 4. The van der Waals surface area contributed by atoms with Gasteiger partial charge in [0.1, 0.15) is 0 Å². The maximum atomic E-state index is 13.2. The number of sulfonamides is 3. The van der Waals surface area contributed by atoms with Crippen molar-refractivity contribution in [2.24, 2.45) is 0 Å². The number of nitrogens with one attached hydrogen (secondary N) is 3. The Hall–Kier alpha value is -6.84. The molecular formula is C61H73BrN6O12S3. The number of anilines is 3. The van der Waals surface area contributed by atoms with E-state index in [9.17, 15) is 30.0 Å². The number of carbonyl (C=O) groups is 1. The summed E-state index contributed by atoms with van der Waals surface area (Å²) in [7, 11) is -5.98. The number of hydrogen-bond acceptors (Lipinski definition) is 14. The van der Waals surface area contributed by atoms with Crippen LogP contribution in [0.2, 0.25) is 0 Å². The minimum atomic E-state index is -3.66. The third-order valence-electron chi connectivity index (χ3n) is 14.3. The Morgan fingerprint density at radius 3 is 1.10 bits per heavy atom. The highest BCUT2D eigenvalue weighted by Crippen LogP contribution is 2.43. The van der Waals surface area contributed by atoms with Crippen LogP contribution in [0.5, 0.6) is 0 Å². The molecule has 444 valence electrons. The molecule has 3 aliphatic heterocycles. The van der Waals surface area contributed by atoms with Crippen LogP contribution in [0.3, 0.4) is 0 Å². The number of carboxylic acid groups (broad SMARTS) is 1. The molecule has 6 aromatic rings. The lowest BCUT2D eigenvalue weighted by atomic mass is 9.96. The molecule has 0 spiro atoms. The van der Waals surface area contributed by atoms with Crippen molar-refractivity contribution >= 4 is 81.3 Å². The number of benzene rings is 6. The fourth-order valence-electron chi connectivity index (χ4n) is 10.1. The van der Waals surface area contributed by atoms with E-state index in [4.69, 9.17) is 24.3 Å². The van der Waals surface area contributed by atoms with E-state index in [1.54, 1.807) is 39.3 Å². The molecule has 0 radical (unpaired) electrons. The Balaban J connectivity index is 0.000000217. The highest BCUT2D eigenvalue weighted by Gasteiger charge is 2.37. The maximum Gasteiger partial charge on any atom is 0.373 e. The molecule has 6 aromatic carbocycles. The summed E-state index contributed by atoms with van der Waals surface area (Å²) in [6.07, 6.45) is 8.72. The number of unbranched alkanes of at least 4 members (excludes halogenated alkanes) is 5. The van der Waals surface area contributed by atoms with Crippen LogP contribution in [0.15, 0.2) is 147 Å². The van der Waals surface area contributed by atoms with Gasteiger partial charge in [0, 0.05) is 32.0 Å². The van der Waals surface area contributed by atoms with Crippen molar-refractivity contribution in [2.45, 2.75) is 118 Å². The second kappa shape index (κ2) is 31.2. The van der Waals surface area contributed by atoms with E-state index in [1.807, 2.05) is 123 Å². The molecular weight excluding hydrogens is 1180 g/mol. The maximum absolute atomic E-state index is 13.2. The molecule has 0 saturated heterocycles. The number of para-hydroxylation sites is 3. The zero-order chi connectivity index (χ0) is 61.1. The van der Waals surface area contributed by atoms with Gasteiger partial charge in [-0.05, 0) is 146 Å². The second-order valence-corrected chi connectivity index (χ2v) is 26.7. The molecule has 3 atom stereocenters. The first kappa shape index (κ1) is 67.0. The van der Waals surface area contributed by atoms with Gasteiger partial charge in [-0.25, -0.2) is 25.3 Å². The molecule has 0 fully saturated rings. The lowest BCUT2D eigenvalue weighted by molar-refractivity contribution is -0.193. The standard InChI is InChI=1S/C20H24N2O4S.C20H26N2O2S.C19H23BrN2O2S.2CO2/c1-14-10-11-16-18(13-14)27(25,26)22(2)17-8-4-3-7-15(17)20(16)21-12-6-5-9-19(23)24;1-4-5-8-13-21-20-16-9-6-7-10-18(16)22(3)25(23,24)19-14-15(2)11-12-17(19)20;1-3-4-7-12-21-19-15-8-5-6-9-17(15)22(2)25(23,24)18-13-14(20)10-11-16(18)19;2*2-1-3/h3-4,7-8,10-11,13,20-21H,5-6,9,12H2,1-2H3,(H,23,24);6-7,9-12,14,20-21H,4-5,8,13H2,1-3H3;5-6,8-11,13,19,21H,3-4,7,12H2,1-2H3;;. The van der Waals surface area contributed by atoms with E-state index in [0.717, 1.165) is 106 Å². The van der Waals surface area contributed by atoms with Crippen molar-refractivity contribution in [2.75, 3.05) is 53.7 Å². The Kier molecular flexibility index (Phi) is 25.1. The number of halogens is 1. The first-order valence-electron chi connectivity index (χ1n) is 27.2. The molecule has 0 saturated carbocycles. The van der Waals surface area contributed by atoms with E-state index in [0.29, 0.717) is 39.8 Å². The highest BCUT2D eigenvalue weighted by atomic mass is 79.9. The molecule has 22 heteroatoms. The molecule has 83 heavy (non-hydrogen) atoms. The van der Waals surface area contributed by atoms with Crippen LogP contribution in [-0.2, 0) is 54.0 Å². The number of aliphatic carboxylic acids is 1. The van der Waals surface area contributed by atoms with Crippen molar-refractivity contribution in [1.29, 1.82) is 0 Å². The molecule has 3 aliphatic rings. The molecule has 18 nitrogen and oxygen atoms in total. The summed E-state index contributed by atoms with van der Waals surface area (Å²) in [5, 5.41) is 19.4. The number of fused-ring (bicyclic) bond motifs is 6. The third-order valence-corrected chi connectivity index (χ3v) is 20.3. The highest BCUT2D eigenvalue weighted by molar-refractivity contribution is 9.10. The lowest BCUT2D eigenvalue weighted by Crippen LogP contribution is -2.26. The number of rotatable bonds is 16. The summed E-state index contributed by atoms with van der Waals surface area (Å²) >= 11 is 3.41. The van der Waals surface area contributed by atoms with Gasteiger partial charge >= 0.3 is 18.3 Å². The van der Waals surface area contributed by atoms with E-state index >= 15 is 0 Å². The van der Waals surface area contributed by atoms with Gasteiger partial charge in [-0.15, -0.1) is 0 Å². The van der Waals surface area contributed by atoms with Gasteiger partial charge in [-0.1, -0.05) is 140 Å². The van der Waals surface area contributed by atoms with Crippen LogP contribution in [0.25, 0.3) is 0 Å². The summed E-state index contributed by atoms with van der Waals surface area (Å²) in [6.45, 7) is 10.5. The van der Waals surface area contributed by atoms with E-state index < -0.39 is 36.0 Å². The summed E-state index contributed by atoms with van der Waals surface area (Å²) < 4.78 is 83.8. The predicted octanol–water partition coefficient (Wildman–Crippen LogP) is 10.4. The summed E-state index contributed by atoms with van der Waals surface area (Å²) in [4.78, 5) is 44.3. The molecule has 4 N–H and O–H groups in total. The molecule has 0 bridgehead atoms. The number of carboxylic acids is 1. The van der Waals surface area contributed by atoms with Crippen LogP contribution < -0.4 is 28.9 Å². The van der Waals surface area contributed by atoms with Gasteiger partial charge in [-0.3, -0.25) is 17.7 Å². The zero-order valence-corrected chi connectivity index (χ0v) is 51.8. The first-order chi connectivity index (χ1) is 39.6. The largest absolute Gasteiger partial charge is 0.481 e. The Morgan fingerprint density at radius 2 is 0.771 bits per heavy atom. The summed E-state index contributed by atoms with van der Waals surface area (Å²) in [5.74, 6) is -0.802. The van der Waals surface area contributed by atoms with Crippen molar-refractivity contribution < 1.29 is 54.3 Å². The average molecular weight is 1260 g/mol. The van der Waals surface area contributed by atoms with Crippen LogP contribution in [0.4, 0.5) is 17.1 Å². The van der Waals surface area contributed by atoms with E-state index in [-0.39, 0.29) is 36.8 Å². The normalized spacial score (nSPS) is 17.0. The third kappa shape index (κ3) is 16.3. The fraction of sp³-hybridized carbons (Fsp3) is 0.361. The Bertz CT molecular complexity index is 3450. The number of hydrogen-bond donors (Lipinski definition) is 4. The second-order valence-electron chi connectivity index (χ2n) is 20.0. The minimum absolute atomic E-state index is 0.122. The monoisotopic (exact) mass is 1260 g/mol. The van der Waals surface area contributed by atoms with Crippen molar-refractivity contribution in [1.82, 2.24) is 16.0 Å². The van der Waals surface area contributed by atoms with Crippen molar-refractivity contribution in [3.8, 4) is 0 Å². The van der Waals surface area contributed by atoms with Crippen LogP contribution in [0, 0.1) is 13.8 Å². The Morgan fingerprint density at radius 1 is 0.470 bits per heavy atom. The lowest BCUT2D eigenvalue weighted by Gasteiger charge is -2.22. The number of aryl methyl sites for hydroxylation is 2. The Labute approximate surface area is 497 Å². The van der Waals surface area contributed by atoms with Crippen molar-refractivity contribution in [3.05, 3.63) is 176 Å². The van der Waals surface area contributed by atoms with Gasteiger partial charge in [0.25, 0.3) is 30.1 Å². The SMILES string of the molecule is CCCCCNC1c2ccccc2N(C)S(=O)(=O)c2cc(Br)ccc21.CCCCCNC1c2ccccc2N(C)S(=O)(=O)c2cc(C)ccc21.Cc1ccc2c(c1)S(=O)(=O)N(C)c1ccccc1C2NCCCCC(=O)O.O=C=O.O=C=O. The van der Waals surface area contributed by atoms with Crippen LogP contribution in [-0.4, -0.2) is 89.4 Å². The fourth-order valence-corrected chi connectivity index (χ4v) is 15.2. The van der Waals surface area contributed by atoms with Gasteiger partial charge in [0.2, 0.25) is 0 Å². The minimum Gasteiger partial charge on any atom is -0.481 e. The predicted molar refractivity (Wildman–Crippen MR) is 323 cm³/mol. The summed E-state index contributed by atoms with van der Waals surface area (Å²) in [6, 6.07) is 39.2. The molecule has 3 unspecified atom stereocenters. The molecule has 0 aliphatic carbocycles. The smallest absolute Gasteiger partial charge is 0.373 e. The van der Waals surface area contributed by atoms with Crippen LogP contribution >= 0.6 is 15.9 Å². The van der Waals surface area contributed by atoms with E-state index in [1.165, 1.54) is 19.3 Å². The van der Waals surface area contributed by atoms with Gasteiger partial charge in [-0.2, -0.15) is 19.2 Å².